The Labute approximate surface area is 150 Å². The van der Waals surface area contributed by atoms with Crippen molar-refractivity contribution in [1.29, 1.82) is 0 Å². The molecule has 25 heavy (non-hydrogen) atoms. The molecule has 0 radical (unpaired) electrons. The molecule has 0 bridgehead atoms. The maximum atomic E-state index is 12.6. The number of carbonyl (C=O) groups excluding carboxylic acids is 1. The largest absolute Gasteiger partial charge is 0.369 e. The molecule has 132 valence electrons. The van der Waals surface area contributed by atoms with Crippen molar-refractivity contribution in [2.24, 2.45) is 0 Å². The van der Waals surface area contributed by atoms with E-state index in [1.165, 1.54) is 11.3 Å². The first-order chi connectivity index (χ1) is 12.0. The number of carbonyl (C=O) groups is 1. The molecule has 1 amide bonds. The van der Waals surface area contributed by atoms with Gasteiger partial charge in [0.05, 0.1) is 6.04 Å². The Morgan fingerprint density at radius 1 is 1.00 bits per heavy atom. The van der Waals surface area contributed by atoms with Crippen molar-refractivity contribution in [1.82, 2.24) is 4.90 Å². The van der Waals surface area contributed by atoms with Gasteiger partial charge in [-0.15, -0.1) is 0 Å². The Balaban J connectivity index is 1.57. The van der Waals surface area contributed by atoms with Crippen LogP contribution in [-0.2, 0) is 4.79 Å². The molecule has 2 aromatic carbocycles. The Morgan fingerprint density at radius 2 is 1.72 bits per heavy atom. The number of hydrogen-bond donors (Lipinski definition) is 1. The number of benzene rings is 2. The van der Waals surface area contributed by atoms with Gasteiger partial charge in [0.15, 0.2) is 0 Å². The van der Waals surface area contributed by atoms with Crippen LogP contribution in [-0.4, -0.2) is 43.0 Å². The quantitative estimate of drug-likeness (QED) is 0.928. The Hall–Kier alpha value is -2.33. The molecule has 0 saturated carbocycles. The predicted molar refractivity (Wildman–Crippen MR) is 104 cm³/mol. The zero-order valence-electron chi connectivity index (χ0n) is 15.3. The van der Waals surface area contributed by atoms with E-state index in [1.807, 2.05) is 38.1 Å². The third-order valence-electron chi connectivity index (χ3n) is 4.98. The number of rotatable bonds is 4. The number of piperazine rings is 1. The molecular formula is C21H27N3O. The molecule has 4 heteroatoms. The van der Waals surface area contributed by atoms with Crippen LogP contribution in [0, 0.1) is 13.8 Å². The van der Waals surface area contributed by atoms with E-state index in [-0.39, 0.29) is 11.9 Å². The van der Waals surface area contributed by atoms with Crippen LogP contribution in [0.2, 0.25) is 0 Å². The second-order valence-electron chi connectivity index (χ2n) is 6.84. The Morgan fingerprint density at radius 3 is 2.40 bits per heavy atom. The number of amides is 1. The number of anilines is 2. The topological polar surface area (TPSA) is 35.6 Å². The average Bonchev–Trinajstić information content (AvgIpc) is 2.62. The molecule has 1 heterocycles. The van der Waals surface area contributed by atoms with Crippen molar-refractivity contribution in [3.63, 3.8) is 0 Å². The van der Waals surface area contributed by atoms with E-state index >= 15 is 0 Å². The van der Waals surface area contributed by atoms with Crippen LogP contribution in [0.5, 0.6) is 0 Å². The van der Waals surface area contributed by atoms with Gasteiger partial charge in [0.25, 0.3) is 0 Å². The van der Waals surface area contributed by atoms with E-state index in [9.17, 15) is 4.79 Å². The van der Waals surface area contributed by atoms with Crippen molar-refractivity contribution in [2.45, 2.75) is 26.8 Å². The van der Waals surface area contributed by atoms with Gasteiger partial charge in [-0.1, -0.05) is 30.3 Å². The van der Waals surface area contributed by atoms with Gasteiger partial charge in [-0.25, -0.2) is 0 Å². The lowest BCUT2D eigenvalue weighted by Gasteiger charge is -2.39. The maximum absolute atomic E-state index is 12.6. The zero-order valence-corrected chi connectivity index (χ0v) is 15.3. The summed E-state index contributed by atoms with van der Waals surface area (Å²) in [5.74, 6) is 0.0648. The fraction of sp³-hybridized carbons (Fsp3) is 0.381. The molecule has 0 spiro atoms. The zero-order chi connectivity index (χ0) is 17.8. The lowest BCUT2D eigenvalue weighted by atomic mass is 10.1. The van der Waals surface area contributed by atoms with Crippen LogP contribution in [0.1, 0.15) is 18.1 Å². The molecule has 1 fully saturated rings. The van der Waals surface area contributed by atoms with E-state index in [0.29, 0.717) is 0 Å². The summed E-state index contributed by atoms with van der Waals surface area (Å²) in [6.45, 7) is 9.88. The molecule has 0 aromatic heterocycles. The van der Waals surface area contributed by atoms with E-state index in [0.717, 1.165) is 37.4 Å². The smallest absolute Gasteiger partial charge is 0.241 e. The number of nitrogens with zero attached hydrogens (tertiary/aromatic N) is 2. The first-order valence-electron chi connectivity index (χ1n) is 8.97. The van der Waals surface area contributed by atoms with Crippen LogP contribution >= 0.6 is 0 Å². The third-order valence-corrected chi connectivity index (χ3v) is 4.98. The molecule has 2 aromatic rings. The summed E-state index contributed by atoms with van der Waals surface area (Å²) in [5.41, 5.74) is 4.63. The van der Waals surface area contributed by atoms with Crippen LogP contribution < -0.4 is 10.2 Å². The third kappa shape index (κ3) is 4.20. The van der Waals surface area contributed by atoms with Gasteiger partial charge in [0.1, 0.15) is 0 Å². The Kier molecular flexibility index (Phi) is 5.39. The van der Waals surface area contributed by atoms with Crippen molar-refractivity contribution in [3.05, 3.63) is 59.7 Å². The SMILES string of the molecule is Cc1cccc(NC(=O)[C@@H](C)N2CCN(c3ccccc3C)CC2)c1. The van der Waals surface area contributed by atoms with Gasteiger partial charge in [-0.2, -0.15) is 0 Å². The van der Waals surface area contributed by atoms with E-state index in [1.54, 1.807) is 0 Å². The summed E-state index contributed by atoms with van der Waals surface area (Å²) >= 11 is 0. The minimum absolute atomic E-state index is 0.0648. The van der Waals surface area contributed by atoms with Gasteiger partial charge in [-0.05, 0) is 50.1 Å². The van der Waals surface area contributed by atoms with E-state index in [2.05, 4.69) is 46.3 Å². The Bertz CT molecular complexity index is 735. The highest BCUT2D eigenvalue weighted by Gasteiger charge is 2.26. The number of aryl methyl sites for hydroxylation is 2. The maximum Gasteiger partial charge on any atom is 0.241 e. The van der Waals surface area contributed by atoms with Gasteiger partial charge < -0.3 is 10.2 Å². The summed E-state index contributed by atoms with van der Waals surface area (Å²) in [6, 6.07) is 16.3. The first-order valence-corrected chi connectivity index (χ1v) is 8.97. The molecule has 3 rings (SSSR count). The molecule has 1 saturated heterocycles. The molecule has 0 unspecified atom stereocenters. The minimum Gasteiger partial charge on any atom is -0.369 e. The van der Waals surface area contributed by atoms with Crippen LogP contribution in [0.3, 0.4) is 0 Å². The van der Waals surface area contributed by atoms with E-state index < -0.39 is 0 Å². The molecule has 0 aliphatic carbocycles. The summed E-state index contributed by atoms with van der Waals surface area (Å²) in [5, 5.41) is 3.04. The second-order valence-corrected chi connectivity index (χ2v) is 6.84. The predicted octanol–water partition coefficient (Wildman–Crippen LogP) is 3.45. The highest BCUT2D eigenvalue weighted by molar-refractivity contribution is 5.94. The molecule has 1 N–H and O–H groups in total. The highest BCUT2D eigenvalue weighted by Crippen LogP contribution is 2.21. The molecule has 1 atom stereocenters. The average molecular weight is 337 g/mol. The molecule has 1 aliphatic heterocycles. The lowest BCUT2D eigenvalue weighted by Crippen LogP contribution is -2.53. The highest BCUT2D eigenvalue weighted by atomic mass is 16.2. The standard InChI is InChI=1S/C21H27N3O/c1-16-7-6-9-19(15-16)22-21(25)18(3)23-11-13-24(14-12-23)20-10-5-4-8-17(20)2/h4-10,15,18H,11-14H2,1-3H3,(H,22,25)/t18-/m1/s1. The summed E-state index contributed by atoms with van der Waals surface area (Å²) in [4.78, 5) is 17.2. The van der Waals surface area contributed by atoms with Gasteiger partial charge in [0.2, 0.25) is 5.91 Å². The lowest BCUT2D eigenvalue weighted by molar-refractivity contribution is -0.120. The summed E-state index contributed by atoms with van der Waals surface area (Å²) in [6.07, 6.45) is 0. The monoisotopic (exact) mass is 337 g/mol. The fourth-order valence-corrected chi connectivity index (χ4v) is 3.40. The normalized spacial score (nSPS) is 16.5. The van der Waals surface area contributed by atoms with Crippen LogP contribution in [0.4, 0.5) is 11.4 Å². The summed E-state index contributed by atoms with van der Waals surface area (Å²) < 4.78 is 0. The first kappa shape index (κ1) is 17.5. The van der Waals surface area contributed by atoms with Crippen LogP contribution in [0.15, 0.2) is 48.5 Å². The van der Waals surface area contributed by atoms with Crippen molar-refractivity contribution in [2.75, 3.05) is 36.4 Å². The molecule has 4 nitrogen and oxygen atoms in total. The van der Waals surface area contributed by atoms with Crippen molar-refractivity contribution < 1.29 is 4.79 Å². The van der Waals surface area contributed by atoms with Gasteiger partial charge in [0, 0.05) is 37.6 Å². The fourth-order valence-electron chi connectivity index (χ4n) is 3.40. The van der Waals surface area contributed by atoms with Gasteiger partial charge >= 0.3 is 0 Å². The van der Waals surface area contributed by atoms with Crippen LogP contribution in [0.25, 0.3) is 0 Å². The minimum atomic E-state index is -0.125. The molecular weight excluding hydrogens is 310 g/mol. The second kappa shape index (κ2) is 7.70. The van der Waals surface area contributed by atoms with Crippen molar-refractivity contribution in [3.8, 4) is 0 Å². The van der Waals surface area contributed by atoms with Crippen molar-refractivity contribution >= 4 is 17.3 Å². The number of para-hydroxylation sites is 1. The molecule has 1 aliphatic rings. The number of nitrogens with one attached hydrogen (secondary N) is 1. The number of hydrogen-bond acceptors (Lipinski definition) is 3. The van der Waals surface area contributed by atoms with Gasteiger partial charge in [-0.3, -0.25) is 9.69 Å². The van der Waals surface area contributed by atoms with E-state index in [4.69, 9.17) is 0 Å². The summed E-state index contributed by atoms with van der Waals surface area (Å²) in [7, 11) is 0.